The second kappa shape index (κ2) is 5.63. The summed E-state index contributed by atoms with van der Waals surface area (Å²) in [5, 5.41) is -0.530. The summed E-state index contributed by atoms with van der Waals surface area (Å²) in [6, 6.07) is 7.62. The minimum absolute atomic E-state index is 0.0501. The molecule has 1 aromatic heterocycles. The Morgan fingerprint density at radius 3 is 2.45 bits per heavy atom. The van der Waals surface area contributed by atoms with Gasteiger partial charge in [0.15, 0.2) is 5.43 Å². The van der Waals surface area contributed by atoms with Crippen molar-refractivity contribution in [1.29, 1.82) is 0 Å². The lowest BCUT2D eigenvalue weighted by atomic mass is 10.1. The molecule has 0 fully saturated rings. The van der Waals surface area contributed by atoms with Crippen LogP contribution < -0.4 is 5.43 Å². The first-order valence-corrected chi connectivity index (χ1v) is 6.74. The second-order valence-corrected chi connectivity index (χ2v) is 5.40. The lowest BCUT2D eigenvalue weighted by molar-refractivity contribution is -0.111. The molecule has 0 spiro atoms. The molecule has 2 rings (SSSR count). The van der Waals surface area contributed by atoms with E-state index in [1.165, 1.54) is 17.2 Å². The van der Waals surface area contributed by atoms with Gasteiger partial charge in [0.1, 0.15) is 0 Å². The predicted octanol–water partition coefficient (Wildman–Crippen LogP) is 3.07. The number of hydrogen-bond acceptors (Lipinski definition) is 2. The maximum atomic E-state index is 11.9. The third-order valence-electron chi connectivity index (χ3n) is 3.42. The number of aromatic nitrogens is 1. The molecular formula is C16H16ClNO2. The smallest absolute Gasteiger partial charge is 0.226 e. The molecule has 4 heteroatoms. The predicted molar refractivity (Wildman–Crippen MR) is 80.8 cm³/mol. The number of halogens is 1. The maximum Gasteiger partial charge on any atom is 0.226 e. The highest BCUT2D eigenvalue weighted by Gasteiger charge is 2.09. The van der Waals surface area contributed by atoms with Gasteiger partial charge in [-0.15, -0.1) is 0 Å². The third-order valence-corrected chi connectivity index (χ3v) is 3.55. The summed E-state index contributed by atoms with van der Waals surface area (Å²) < 4.78 is 1.91. The fraction of sp³-hybridized carbons (Fsp3) is 0.250. The van der Waals surface area contributed by atoms with E-state index in [4.69, 9.17) is 11.6 Å². The van der Waals surface area contributed by atoms with Crippen molar-refractivity contribution in [2.24, 2.45) is 0 Å². The number of hydrogen-bond donors (Lipinski definition) is 0. The Hall–Kier alpha value is -1.87. The van der Waals surface area contributed by atoms with Crippen LogP contribution in [-0.4, -0.2) is 9.81 Å². The Bertz CT molecular complexity index is 732. The molecule has 1 heterocycles. The summed E-state index contributed by atoms with van der Waals surface area (Å²) in [4.78, 5) is 22.9. The van der Waals surface area contributed by atoms with Gasteiger partial charge in [0.2, 0.25) is 5.24 Å². The molecule has 20 heavy (non-hydrogen) atoms. The molecule has 0 amide bonds. The van der Waals surface area contributed by atoms with E-state index in [2.05, 4.69) is 13.0 Å². The highest BCUT2D eigenvalue weighted by atomic mass is 35.5. The summed E-state index contributed by atoms with van der Waals surface area (Å²) in [5.74, 6) is 0. The molecule has 0 saturated carbocycles. The summed E-state index contributed by atoms with van der Waals surface area (Å²) in [7, 11) is 0. The Morgan fingerprint density at radius 1 is 1.15 bits per heavy atom. The highest BCUT2D eigenvalue weighted by Crippen LogP contribution is 2.16. The average Bonchev–Trinajstić information content (AvgIpc) is 2.36. The Kier molecular flexibility index (Phi) is 4.09. The van der Waals surface area contributed by atoms with Crippen LogP contribution in [0.15, 0.2) is 35.3 Å². The molecule has 3 nitrogen and oxygen atoms in total. The molecule has 2 aromatic rings. The number of pyridine rings is 1. The summed E-state index contributed by atoms with van der Waals surface area (Å²) in [5.41, 5.74) is 4.43. The molecule has 104 valence electrons. The maximum absolute atomic E-state index is 11.9. The van der Waals surface area contributed by atoms with E-state index in [0.29, 0.717) is 5.56 Å². The van der Waals surface area contributed by atoms with Gasteiger partial charge in [-0.05, 0) is 55.6 Å². The van der Waals surface area contributed by atoms with Gasteiger partial charge in [-0.1, -0.05) is 6.07 Å². The quantitative estimate of drug-likeness (QED) is 0.815. The molecule has 0 N–H and O–H groups in total. The van der Waals surface area contributed by atoms with Crippen molar-refractivity contribution in [2.45, 2.75) is 27.2 Å². The number of carbonyl (C=O) groups excluding carboxylic acids is 1. The first-order chi connectivity index (χ1) is 9.38. The van der Waals surface area contributed by atoms with E-state index in [0.717, 1.165) is 11.4 Å². The average molecular weight is 290 g/mol. The summed E-state index contributed by atoms with van der Waals surface area (Å²) in [6.45, 7) is 5.96. The fourth-order valence-corrected chi connectivity index (χ4v) is 2.25. The Labute approximate surface area is 122 Å². The minimum Gasteiger partial charge on any atom is -0.321 e. The van der Waals surface area contributed by atoms with Gasteiger partial charge in [-0.3, -0.25) is 9.59 Å². The number of benzene rings is 1. The van der Waals surface area contributed by atoms with E-state index in [1.54, 1.807) is 6.20 Å². The van der Waals surface area contributed by atoms with Crippen LogP contribution in [0.5, 0.6) is 0 Å². The lowest BCUT2D eigenvalue weighted by Gasteiger charge is -2.13. The zero-order chi connectivity index (χ0) is 14.9. The van der Waals surface area contributed by atoms with Crippen LogP contribution in [-0.2, 0) is 11.2 Å². The highest BCUT2D eigenvalue weighted by molar-refractivity contribution is 6.63. The van der Waals surface area contributed by atoms with E-state index < -0.39 is 5.24 Å². The lowest BCUT2D eigenvalue weighted by Crippen LogP contribution is -2.16. The van der Waals surface area contributed by atoms with Crippen LogP contribution in [0.25, 0.3) is 5.69 Å². The minimum atomic E-state index is -0.530. The molecule has 0 aliphatic carbocycles. The monoisotopic (exact) mass is 289 g/mol. The number of nitrogens with zero attached hydrogens (tertiary/aromatic N) is 1. The largest absolute Gasteiger partial charge is 0.321 e. The van der Waals surface area contributed by atoms with Crippen molar-refractivity contribution in [3.8, 4) is 5.69 Å². The van der Waals surface area contributed by atoms with E-state index in [9.17, 15) is 9.59 Å². The topological polar surface area (TPSA) is 39.1 Å². The molecule has 0 bridgehead atoms. The van der Waals surface area contributed by atoms with Gasteiger partial charge < -0.3 is 4.57 Å². The van der Waals surface area contributed by atoms with Crippen LogP contribution in [0.3, 0.4) is 0 Å². The molecule has 0 atom stereocenters. The molecule has 0 saturated heterocycles. The van der Waals surface area contributed by atoms with Gasteiger partial charge in [-0.25, -0.2) is 0 Å². The molecule has 0 aliphatic heterocycles. The fourth-order valence-electron chi connectivity index (χ4n) is 2.11. The normalized spacial score (nSPS) is 10.6. The van der Waals surface area contributed by atoms with Gasteiger partial charge in [0.25, 0.3) is 0 Å². The van der Waals surface area contributed by atoms with Gasteiger partial charge in [0, 0.05) is 29.2 Å². The molecule has 1 aromatic carbocycles. The van der Waals surface area contributed by atoms with Crippen molar-refractivity contribution in [2.75, 3.05) is 0 Å². The van der Waals surface area contributed by atoms with Crippen LogP contribution in [0.4, 0.5) is 0 Å². The van der Waals surface area contributed by atoms with Crippen LogP contribution in [0.2, 0.25) is 0 Å². The first kappa shape index (κ1) is 14.5. The Balaban J connectivity index is 2.58. The van der Waals surface area contributed by atoms with Gasteiger partial charge >= 0.3 is 0 Å². The molecule has 0 aliphatic rings. The number of carbonyl (C=O) groups is 1. The van der Waals surface area contributed by atoms with Crippen LogP contribution >= 0.6 is 11.6 Å². The molecule has 0 radical (unpaired) electrons. The number of aryl methyl sites for hydroxylation is 3. The van der Waals surface area contributed by atoms with E-state index in [-0.39, 0.29) is 11.8 Å². The van der Waals surface area contributed by atoms with E-state index >= 15 is 0 Å². The van der Waals surface area contributed by atoms with Crippen molar-refractivity contribution in [1.82, 2.24) is 4.57 Å². The van der Waals surface area contributed by atoms with Crippen molar-refractivity contribution in [3.63, 3.8) is 0 Å². The number of rotatable bonds is 3. The summed E-state index contributed by atoms with van der Waals surface area (Å²) >= 11 is 5.38. The zero-order valence-electron chi connectivity index (χ0n) is 11.7. The first-order valence-electron chi connectivity index (χ1n) is 6.36. The third kappa shape index (κ3) is 2.99. The second-order valence-electron chi connectivity index (χ2n) is 4.97. The van der Waals surface area contributed by atoms with E-state index in [1.807, 2.05) is 30.5 Å². The van der Waals surface area contributed by atoms with Crippen LogP contribution in [0, 0.1) is 20.8 Å². The standard InChI is InChI=1S/C16H16ClNO2/c1-10-4-5-14(6-11(10)2)18-9-13(8-16(17)20)15(19)7-12(18)3/h4-7,9H,8H2,1-3H3. The SMILES string of the molecule is Cc1ccc(-n2cc(CC(=O)Cl)c(=O)cc2C)cc1C. The van der Waals surface area contributed by atoms with Crippen molar-refractivity contribution >= 4 is 16.8 Å². The molecular weight excluding hydrogens is 274 g/mol. The summed E-state index contributed by atoms with van der Waals surface area (Å²) in [6.07, 6.45) is 1.65. The van der Waals surface area contributed by atoms with Crippen LogP contribution in [0.1, 0.15) is 22.4 Å². The Morgan fingerprint density at radius 2 is 1.85 bits per heavy atom. The zero-order valence-corrected chi connectivity index (χ0v) is 12.5. The van der Waals surface area contributed by atoms with Crippen molar-refractivity contribution < 1.29 is 4.79 Å². The van der Waals surface area contributed by atoms with Gasteiger partial charge in [0.05, 0.1) is 6.42 Å². The van der Waals surface area contributed by atoms with Gasteiger partial charge in [-0.2, -0.15) is 0 Å². The van der Waals surface area contributed by atoms with Crippen molar-refractivity contribution in [3.05, 3.63) is 63.1 Å². The molecule has 0 unspecified atom stereocenters.